The van der Waals surface area contributed by atoms with E-state index in [1.54, 1.807) is 24.3 Å². The lowest BCUT2D eigenvalue weighted by Gasteiger charge is -2.27. The average molecular weight is 257 g/mol. The molecule has 4 N–H and O–H groups in total. The van der Waals surface area contributed by atoms with Crippen LogP contribution >= 0.6 is 0 Å². The SMILES string of the molecule is Oc1ccc(C2CNCc3cc(O)c(O)cc32)cc1. The van der Waals surface area contributed by atoms with Crippen molar-refractivity contribution >= 4 is 0 Å². The number of hydrogen-bond acceptors (Lipinski definition) is 4. The third-order valence-electron chi connectivity index (χ3n) is 3.57. The van der Waals surface area contributed by atoms with Crippen molar-refractivity contribution in [1.29, 1.82) is 0 Å². The third-order valence-corrected chi connectivity index (χ3v) is 3.57. The lowest BCUT2D eigenvalue weighted by atomic mass is 9.85. The first-order chi connectivity index (χ1) is 9.15. The maximum Gasteiger partial charge on any atom is 0.157 e. The highest BCUT2D eigenvalue weighted by Crippen LogP contribution is 2.37. The van der Waals surface area contributed by atoms with Crippen LogP contribution in [0.15, 0.2) is 36.4 Å². The van der Waals surface area contributed by atoms with E-state index >= 15 is 0 Å². The Bertz CT molecular complexity index is 608. The van der Waals surface area contributed by atoms with E-state index in [2.05, 4.69) is 5.32 Å². The molecule has 0 amide bonds. The average Bonchev–Trinajstić information content (AvgIpc) is 2.41. The normalized spacial score (nSPS) is 18.0. The first-order valence-corrected chi connectivity index (χ1v) is 6.19. The van der Waals surface area contributed by atoms with E-state index in [-0.39, 0.29) is 23.2 Å². The van der Waals surface area contributed by atoms with Crippen molar-refractivity contribution in [3.8, 4) is 17.2 Å². The number of aromatic hydroxyl groups is 3. The second-order valence-corrected chi connectivity index (χ2v) is 4.81. The molecule has 4 nitrogen and oxygen atoms in total. The fraction of sp³-hybridized carbons (Fsp3) is 0.200. The molecule has 0 saturated carbocycles. The lowest BCUT2D eigenvalue weighted by Crippen LogP contribution is -2.28. The van der Waals surface area contributed by atoms with Gasteiger partial charge in [-0.05, 0) is 41.0 Å². The van der Waals surface area contributed by atoms with Crippen LogP contribution in [-0.4, -0.2) is 21.9 Å². The summed E-state index contributed by atoms with van der Waals surface area (Å²) in [5, 5.41) is 31.9. The summed E-state index contributed by atoms with van der Waals surface area (Å²) in [5.41, 5.74) is 3.07. The number of phenolic OH excluding ortho intramolecular Hbond substituents is 3. The van der Waals surface area contributed by atoms with Gasteiger partial charge in [0.2, 0.25) is 0 Å². The maximum atomic E-state index is 9.67. The van der Waals surface area contributed by atoms with Crippen LogP contribution in [0, 0.1) is 0 Å². The van der Waals surface area contributed by atoms with Crippen LogP contribution in [0.2, 0.25) is 0 Å². The van der Waals surface area contributed by atoms with Crippen molar-refractivity contribution in [1.82, 2.24) is 5.32 Å². The Labute approximate surface area is 111 Å². The third kappa shape index (κ3) is 2.11. The van der Waals surface area contributed by atoms with Crippen LogP contribution in [0.4, 0.5) is 0 Å². The van der Waals surface area contributed by atoms with E-state index in [1.165, 1.54) is 0 Å². The Balaban J connectivity index is 2.07. The molecule has 1 atom stereocenters. The van der Waals surface area contributed by atoms with Crippen molar-refractivity contribution in [2.45, 2.75) is 12.5 Å². The summed E-state index contributed by atoms with van der Waals surface area (Å²) in [7, 11) is 0. The van der Waals surface area contributed by atoms with Crippen molar-refractivity contribution in [3.63, 3.8) is 0 Å². The summed E-state index contributed by atoms with van der Waals surface area (Å²) < 4.78 is 0. The second kappa shape index (κ2) is 4.48. The molecule has 0 fully saturated rings. The van der Waals surface area contributed by atoms with Gasteiger partial charge >= 0.3 is 0 Å². The minimum absolute atomic E-state index is 0.0908. The van der Waals surface area contributed by atoms with Crippen LogP contribution in [0.3, 0.4) is 0 Å². The Morgan fingerprint density at radius 1 is 0.947 bits per heavy atom. The van der Waals surface area contributed by atoms with Gasteiger partial charge in [0.15, 0.2) is 11.5 Å². The van der Waals surface area contributed by atoms with E-state index in [4.69, 9.17) is 0 Å². The largest absolute Gasteiger partial charge is 0.508 e. The Morgan fingerprint density at radius 3 is 2.37 bits per heavy atom. The molecule has 1 heterocycles. The molecule has 2 aromatic carbocycles. The van der Waals surface area contributed by atoms with Crippen LogP contribution in [-0.2, 0) is 6.54 Å². The number of rotatable bonds is 1. The number of fused-ring (bicyclic) bond motifs is 1. The van der Waals surface area contributed by atoms with Gasteiger partial charge in [-0.25, -0.2) is 0 Å². The summed E-state index contributed by atoms with van der Waals surface area (Å²) in [4.78, 5) is 0. The topological polar surface area (TPSA) is 72.7 Å². The molecule has 19 heavy (non-hydrogen) atoms. The number of phenols is 3. The zero-order chi connectivity index (χ0) is 13.4. The van der Waals surface area contributed by atoms with Crippen molar-refractivity contribution in [2.75, 3.05) is 6.54 Å². The Morgan fingerprint density at radius 2 is 1.63 bits per heavy atom. The molecule has 0 bridgehead atoms. The van der Waals surface area contributed by atoms with Gasteiger partial charge in [-0.2, -0.15) is 0 Å². The van der Waals surface area contributed by atoms with Gasteiger partial charge < -0.3 is 20.6 Å². The Kier molecular flexibility index (Phi) is 2.80. The molecule has 0 aromatic heterocycles. The van der Waals surface area contributed by atoms with Crippen molar-refractivity contribution < 1.29 is 15.3 Å². The number of hydrogen-bond donors (Lipinski definition) is 4. The fourth-order valence-corrected chi connectivity index (χ4v) is 2.58. The summed E-state index contributed by atoms with van der Waals surface area (Å²) in [6.07, 6.45) is 0. The molecule has 0 spiro atoms. The summed E-state index contributed by atoms with van der Waals surface area (Å²) in [6, 6.07) is 10.3. The second-order valence-electron chi connectivity index (χ2n) is 4.81. The van der Waals surface area contributed by atoms with Crippen LogP contribution in [0.25, 0.3) is 0 Å². The van der Waals surface area contributed by atoms with Gasteiger partial charge in [-0.1, -0.05) is 12.1 Å². The molecule has 3 rings (SSSR count). The van der Waals surface area contributed by atoms with E-state index in [1.807, 2.05) is 12.1 Å². The standard InChI is InChI=1S/C15H15NO3/c17-11-3-1-9(2-4-11)13-8-16-7-10-5-14(18)15(19)6-12(10)13/h1-6,13,16-19H,7-8H2. The molecule has 1 aliphatic heterocycles. The lowest BCUT2D eigenvalue weighted by molar-refractivity contribution is 0.400. The number of nitrogens with one attached hydrogen (secondary N) is 1. The highest BCUT2D eigenvalue weighted by molar-refractivity contribution is 5.50. The van der Waals surface area contributed by atoms with Gasteiger partial charge in [0.1, 0.15) is 5.75 Å². The zero-order valence-electron chi connectivity index (χ0n) is 10.3. The quantitative estimate of drug-likeness (QED) is 0.590. The molecule has 1 aliphatic rings. The molecule has 1 unspecified atom stereocenters. The van der Waals surface area contributed by atoms with Crippen molar-refractivity contribution in [3.05, 3.63) is 53.1 Å². The number of benzene rings is 2. The predicted octanol–water partition coefficient (Wildman–Crippen LogP) is 2.04. The molecule has 98 valence electrons. The molecule has 0 saturated heterocycles. The van der Waals surface area contributed by atoms with Gasteiger partial charge in [0.25, 0.3) is 0 Å². The van der Waals surface area contributed by atoms with Crippen LogP contribution in [0.5, 0.6) is 17.2 Å². The van der Waals surface area contributed by atoms with Gasteiger partial charge in [-0.15, -0.1) is 0 Å². The summed E-state index contributed by atoms with van der Waals surface area (Å²) in [6.45, 7) is 1.44. The van der Waals surface area contributed by atoms with E-state index in [0.717, 1.165) is 23.2 Å². The predicted molar refractivity (Wildman–Crippen MR) is 71.4 cm³/mol. The highest BCUT2D eigenvalue weighted by Gasteiger charge is 2.23. The Hall–Kier alpha value is -2.20. The minimum Gasteiger partial charge on any atom is -0.508 e. The van der Waals surface area contributed by atoms with Gasteiger partial charge in [0, 0.05) is 19.0 Å². The van der Waals surface area contributed by atoms with E-state index in [9.17, 15) is 15.3 Å². The van der Waals surface area contributed by atoms with Crippen molar-refractivity contribution in [2.24, 2.45) is 0 Å². The molecule has 4 heteroatoms. The molecule has 0 aliphatic carbocycles. The maximum absolute atomic E-state index is 9.67. The van der Waals surface area contributed by atoms with E-state index < -0.39 is 0 Å². The minimum atomic E-state index is -0.0931. The first kappa shape index (κ1) is 11.9. The molecular formula is C15H15NO3. The fourth-order valence-electron chi connectivity index (χ4n) is 2.58. The van der Waals surface area contributed by atoms with Crippen LogP contribution in [0.1, 0.15) is 22.6 Å². The van der Waals surface area contributed by atoms with Crippen LogP contribution < -0.4 is 5.32 Å². The smallest absolute Gasteiger partial charge is 0.157 e. The van der Waals surface area contributed by atoms with Gasteiger partial charge in [0.05, 0.1) is 0 Å². The highest BCUT2D eigenvalue weighted by atomic mass is 16.3. The summed E-state index contributed by atoms with van der Waals surface area (Å²) in [5.74, 6) is 0.161. The van der Waals surface area contributed by atoms with Gasteiger partial charge in [-0.3, -0.25) is 0 Å². The van der Waals surface area contributed by atoms with E-state index in [0.29, 0.717) is 6.54 Å². The monoisotopic (exact) mass is 257 g/mol. The summed E-state index contributed by atoms with van der Waals surface area (Å²) >= 11 is 0. The molecular weight excluding hydrogens is 242 g/mol. The zero-order valence-corrected chi connectivity index (χ0v) is 10.3. The molecule has 2 aromatic rings. The molecule has 0 radical (unpaired) electrons. The first-order valence-electron chi connectivity index (χ1n) is 6.19.